The number of nitrogens with zero attached hydrogens (tertiary/aromatic N) is 2. The van der Waals surface area contributed by atoms with E-state index >= 15 is 0 Å². The summed E-state index contributed by atoms with van der Waals surface area (Å²) in [5.74, 6) is 0.114. The number of rotatable bonds is 3. The summed E-state index contributed by atoms with van der Waals surface area (Å²) in [6.45, 7) is 5.87. The SMILES string of the molecule is O=C(C1CN(Cc2ccccc2)CCO1)N1CCCOCC1. The van der Waals surface area contributed by atoms with Gasteiger partial charge in [-0.15, -0.1) is 0 Å². The van der Waals surface area contributed by atoms with Gasteiger partial charge in [0, 0.05) is 39.3 Å². The monoisotopic (exact) mass is 304 g/mol. The molecule has 2 fully saturated rings. The van der Waals surface area contributed by atoms with Crippen LogP contribution in [-0.4, -0.2) is 67.8 Å². The molecule has 2 saturated heterocycles. The molecule has 0 spiro atoms. The maximum atomic E-state index is 12.6. The number of carbonyl (C=O) groups excluding carboxylic acids is 1. The van der Waals surface area contributed by atoms with E-state index in [9.17, 15) is 4.79 Å². The molecule has 3 rings (SSSR count). The Bertz CT molecular complexity index is 472. The first kappa shape index (κ1) is 15.5. The molecule has 2 aliphatic heterocycles. The maximum absolute atomic E-state index is 12.6. The van der Waals surface area contributed by atoms with Crippen molar-refractivity contribution < 1.29 is 14.3 Å². The first-order valence-electron chi connectivity index (χ1n) is 8.07. The average Bonchev–Trinajstić information content (AvgIpc) is 2.85. The summed E-state index contributed by atoms with van der Waals surface area (Å²) >= 11 is 0. The summed E-state index contributed by atoms with van der Waals surface area (Å²) in [5.41, 5.74) is 1.28. The molecular weight excluding hydrogens is 280 g/mol. The van der Waals surface area contributed by atoms with Gasteiger partial charge in [0.25, 0.3) is 5.91 Å². The Labute approximate surface area is 131 Å². The zero-order valence-corrected chi connectivity index (χ0v) is 12.9. The normalized spacial score (nSPS) is 24.0. The summed E-state index contributed by atoms with van der Waals surface area (Å²) in [7, 11) is 0. The van der Waals surface area contributed by atoms with Gasteiger partial charge in [-0.3, -0.25) is 9.69 Å². The molecule has 0 radical (unpaired) electrons. The number of amides is 1. The molecule has 1 atom stereocenters. The number of carbonyl (C=O) groups is 1. The van der Waals surface area contributed by atoms with Gasteiger partial charge in [0.2, 0.25) is 0 Å². The molecule has 1 unspecified atom stereocenters. The number of morpholine rings is 1. The fourth-order valence-electron chi connectivity index (χ4n) is 3.01. The highest BCUT2D eigenvalue weighted by Crippen LogP contribution is 2.13. The van der Waals surface area contributed by atoms with Crippen molar-refractivity contribution in [3.8, 4) is 0 Å². The third-order valence-electron chi connectivity index (χ3n) is 4.21. The topological polar surface area (TPSA) is 42.0 Å². The van der Waals surface area contributed by atoms with Gasteiger partial charge in [0.1, 0.15) is 6.10 Å². The van der Waals surface area contributed by atoms with E-state index < -0.39 is 0 Å². The summed E-state index contributed by atoms with van der Waals surface area (Å²) in [6, 6.07) is 10.4. The summed E-state index contributed by atoms with van der Waals surface area (Å²) in [5, 5.41) is 0. The molecular formula is C17H24N2O3. The van der Waals surface area contributed by atoms with Crippen LogP contribution in [0.5, 0.6) is 0 Å². The van der Waals surface area contributed by atoms with Crippen LogP contribution in [0.15, 0.2) is 30.3 Å². The fourth-order valence-corrected chi connectivity index (χ4v) is 3.01. The average molecular weight is 304 g/mol. The van der Waals surface area contributed by atoms with Crippen molar-refractivity contribution in [3.05, 3.63) is 35.9 Å². The van der Waals surface area contributed by atoms with Gasteiger partial charge in [-0.2, -0.15) is 0 Å². The minimum atomic E-state index is -0.337. The predicted molar refractivity (Wildman–Crippen MR) is 83.5 cm³/mol. The van der Waals surface area contributed by atoms with Crippen molar-refractivity contribution in [2.75, 3.05) is 46.0 Å². The first-order chi connectivity index (χ1) is 10.8. The van der Waals surface area contributed by atoms with E-state index in [0.29, 0.717) is 26.3 Å². The maximum Gasteiger partial charge on any atom is 0.253 e. The molecule has 0 aliphatic carbocycles. The lowest BCUT2D eigenvalue weighted by atomic mass is 10.1. The van der Waals surface area contributed by atoms with Crippen molar-refractivity contribution in [1.29, 1.82) is 0 Å². The van der Waals surface area contributed by atoms with Crippen LogP contribution < -0.4 is 0 Å². The number of hydrogen-bond acceptors (Lipinski definition) is 4. The van der Waals surface area contributed by atoms with Gasteiger partial charge in [0.05, 0.1) is 13.2 Å². The van der Waals surface area contributed by atoms with E-state index in [2.05, 4.69) is 29.2 Å². The largest absolute Gasteiger partial charge is 0.380 e. The van der Waals surface area contributed by atoms with E-state index in [1.54, 1.807) is 0 Å². The second kappa shape index (κ2) is 7.72. The van der Waals surface area contributed by atoms with Crippen LogP contribution in [0.3, 0.4) is 0 Å². The van der Waals surface area contributed by atoms with Crippen LogP contribution in [-0.2, 0) is 20.8 Å². The molecule has 1 amide bonds. The Morgan fingerprint density at radius 2 is 1.95 bits per heavy atom. The molecule has 120 valence electrons. The van der Waals surface area contributed by atoms with Crippen LogP contribution >= 0.6 is 0 Å². The molecule has 0 bridgehead atoms. The lowest BCUT2D eigenvalue weighted by molar-refractivity contribution is -0.149. The Morgan fingerprint density at radius 1 is 1.09 bits per heavy atom. The molecule has 5 nitrogen and oxygen atoms in total. The summed E-state index contributed by atoms with van der Waals surface area (Å²) in [4.78, 5) is 16.8. The Balaban J connectivity index is 1.56. The predicted octanol–water partition coefficient (Wildman–Crippen LogP) is 1.14. The van der Waals surface area contributed by atoms with Gasteiger partial charge in [-0.25, -0.2) is 0 Å². The van der Waals surface area contributed by atoms with Crippen LogP contribution in [0.4, 0.5) is 0 Å². The molecule has 2 heterocycles. The van der Waals surface area contributed by atoms with Crippen LogP contribution in [0, 0.1) is 0 Å². The van der Waals surface area contributed by atoms with E-state index in [0.717, 1.165) is 32.7 Å². The van der Waals surface area contributed by atoms with Crippen LogP contribution in [0.25, 0.3) is 0 Å². The highest BCUT2D eigenvalue weighted by Gasteiger charge is 2.30. The zero-order valence-electron chi connectivity index (χ0n) is 12.9. The third kappa shape index (κ3) is 4.06. The van der Waals surface area contributed by atoms with Crippen molar-refractivity contribution in [2.24, 2.45) is 0 Å². The number of hydrogen-bond donors (Lipinski definition) is 0. The lowest BCUT2D eigenvalue weighted by Crippen LogP contribution is -2.51. The molecule has 0 N–H and O–H groups in total. The quantitative estimate of drug-likeness (QED) is 0.840. The lowest BCUT2D eigenvalue weighted by Gasteiger charge is -2.34. The van der Waals surface area contributed by atoms with Gasteiger partial charge in [-0.05, 0) is 12.0 Å². The summed E-state index contributed by atoms with van der Waals surface area (Å²) in [6.07, 6.45) is 0.571. The van der Waals surface area contributed by atoms with E-state index in [1.807, 2.05) is 11.0 Å². The molecule has 1 aromatic rings. The van der Waals surface area contributed by atoms with Crippen molar-refractivity contribution in [3.63, 3.8) is 0 Å². The minimum absolute atomic E-state index is 0.114. The summed E-state index contributed by atoms with van der Waals surface area (Å²) < 4.78 is 11.1. The van der Waals surface area contributed by atoms with Gasteiger partial charge >= 0.3 is 0 Å². The minimum Gasteiger partial charge on any atom is -0.380 e. The highest BCUT2D eigenvalue weighted by atomic mass is 16.5. The highest BCUT2D eigenvalue weighted by molar-refractivity contribution is 5.81. The first-order valence-corrected chi connectivity index (χ1v) is 8.07. The van der Waals surface area contributed by atoms with Gasteiger partial charge in [-0.1, -0.05) is 30.3 Å². The van der Waals surface area contributed by atoms with Crippen molar-refractivity contribution in [2.45, 2.75) is 19.1 Å². The molecule has 2 aliphatic rings. The third-order valence-corrected chi connectivity index (χ3v) is 4.21. The standard InChI is InChI=1S/C17H24N2O3/c20-17(19-7-4-10-21-11-9-19)16-14-18(8-12-22-16)13-15-5-2-1-3-6-15/h1-3,5-6,16H,4,7-14H2. The molecule has 5 heteroatoms. The number of ether oxygens (including phenoxy) is 2. The van der Waals surface area contributed by atoms with E-state index in [-0.39, 0.29) is 12.0 Å². The van der Waals surface area contributed by atoms with Gasteiger partial charge < -0.3 is 14.4 Å². The Kier molecular flexibility index (Phi) is 5.43. The van der Waals surface area contributed by atoms with E-state index in [4.69, 9.17) is 9.47 Å². The second-order valence-corrected chi connectivity index (χ2v) is 5.87. The zero-order chi connectivity index (χ0) is 15.2. The molecule has 22 heavy (non-hydrogen) atoms. The molecule has 0 saturated carbocycles. The second-order valence-electron chi connectivity index (χ2n) is 5.87. The number of benzene rings is 1. The van der Waals surface area contributed by atoms with Gasteiger partial charge in [0.15, 0.2) is 0 Å². The van der Waals surface area contributed by atoms with Crippen LogP contribution in [0.2, 0.25) is 0 Å². The molecule has 1 aromatic carbocycles. The Morgan fingerprint density at radius 3 is 2.82 bits per heavy atom. The Hall–Kier alpha value is -1.43. The van der Waals surface area contributed by atoms with Crippen molar-refractivity contribution in [1.82, 2.24) is 9.80 Å². The fraction of sp³-hybridized carbons (Fsp3) is 0.588. The van der Waals surface area contributed by atoms with Crippen molar-refractivity contribution >= 4 is 5.91 Å². The van der Waals surface area contributed by atoms with Crippen LogP contribution in [0.1, 0.15) is 12.0 Å². The molecule has 0 aromatic heterocycles. The van der Waals surface area contributed by atoms with E-state index in [1.165, 1.54) is 5.56 Å². The smallest absolute Gasteiger partial charge is 0.253 e.